The molecule has 0 heterocycles. The smallest absolute Gasteiger partial charge is 0.337 e. The summed E-state index contributed by atoms with van der Waals surface area (Å²) in [5.41, 5.74) is 1.61. The summed E-state index contributed by atoms with van der Waals surface area (Å²) in [6, 6.07) is 11.4. The Bertz CT molecular complexity index is 718. The van der Waals surface area contributed by atoms with Crippen LogP contribution in [0.1, 0.15) is 10.4 Å². The van der Waals surface area contributed by atoms with E-state index in [9.17, 15) is 9.59 Å². The molecule has 120 valence electrons. The Morgan fingerprint density at radius 1 is 1.09 bits per heavy atom. The molecule has 2 aromatic rings. The Balaban J connectivity index is 1.90. The minimum Gasteiger partial charge on any atom is -0.465 e. The molecule has 0 unspecified atom stereocenters. The maximum atomic E-state index is 11.9. The number of carbonyl (C=O) groups excluding carboxylic acids is 2. The van der Waals surface area contributed by atoms with Gasteiger partial charge in [0.1, 0.15) is 0 Å². The minimum absolute atomic E-state index is 0.0418. The van der Waals surface area contributed by atoms with E-state index in [-0.39, 0.29) is 12.5 Å². The zero-order valence-electron chi connectivity index (χ0n) is 12.2. The summed E-state index contributed by atoms with van der Waals surface area (Å²) in [4.78, 5) is 23.2. The van der Waals surface area contributed by atoms with Crippen LogP contribution in [0.4, 0.5) is 11.4 Å². The Morgan fingerprint density at radius 3 is 2.39 bits per heavy atom. The predicted octanol–water partition coefficient (Wildman–Crippen LogP) is 3.83. The standard InChI is InChI=1S/C16H14Cl2N2O3/c1-23-16(22)10-2-5-12(6-3-10)20-15(21)9-19-14-7-4-11(17)8-13(14)18/h2-8,19H,9H2,1H3,(H,20,21). The second-order valence-corrected chi connectivity index (χ2v) is 5.44. The molecule has 0 saturated carbocycles. The number of esters is 1. The van der Waals surface area contributed by atoms with Crippen LogP contribution in [-0.4, -0.2) is 25.5 Å². The van der Waals surface area contributed by atoms with Crippen molar-refractivity contribution in [1.29, 1.82) is 0 Å². The molecular formula is C16H14Cl2N2O3. The van der Waals surface area contributed by atoms with Gasteiger partial charge in [0.2, 0.25) is 5.91 Å². The van der Waals surface area contributed by atoms with E-state index in [0.717, 1.165) is 0 Å². The Hall–Kier alpha value is -2.24. The van der Waals surface area contributed by atoms with Crippen molar-refractivity contribution in [3.63, 3.8) is 0 Å². The van der Waals surface area contributed by atoms with Gasteiger partial charge in [0.05, 0.1) is 29.9 Å². The van der Waals surface area contributed by atoms with Gasteiger partial charge in [-0.05, 0) is 42.5 Å². The largest absolute Gasteiger partial charge is 0.465 e. The summed E-state index contributed by atoms with van der Waals surface area (Å²) in [7, 11) is 1.31. The fourth-order valence-electron chi connectivity index (χ4n) is 1.82. The summed E-state index contributed by atoms with van der Waals surface area (Å²) < 4.78 is 4.61. The van der Waals surface area contributed by atoms with Crippen LogP contribution in [0.15, 0.2) is 42.5 Å². The molecule has 2 aromatic carbocycles. The monoisotopic (exact) mass is 352 g/mol. The zero-order chi connectivity index (χ0) is 16.8. The number of ether oxygens (including phenoxy) is 1. The van der Waals surface area contributed by atoms with Crippen molar-refractivity contribution >= 4 is 46.5 Å². The lowest BCUT2D eigenvalue weighted by atomic mass is 10.2. The molecule has 2 rings (SSSR count). The molecule has 1 amide bonds. The summed E-state index contributed by atoms with van der Waals surface area (Å²) in [5.74, 6) is -0.677. The highest BCUT2D eigenvalue weighted by Gasteiger charge is 2.07. The number of halogens is 2. The zero-order valence-corrected chi connectivity index (χ0v) is 13.7. The fraction of sp³-hybridized carbons (Fsp3) is 0.125. The Labute approximate surface area is 143 Å². The SMILES string of the molecule is COC(=O)c1ccc(NC(=O)CNc2ccc(Cl)cc2Cl)cc1. The van der Waals surface area contributed by atoms with Gasteiger partial charge < -0.3 is 15.4 Å². The molecule has 0 aliphatic rings. The highest BCUT2D eigenvalue weighted by molar-refractivity contribution is 6.36. The molecule has 0 radical (unpaired) electrons. The molecule has 23 heavy (non-hydrogen) atoms. The van der Waals surface area contributed by atoms with Crippen molar-refractivity contribution in [3.8, 4) is 0 Å². The summed E-state index contributed by atoms with van der Waals surface area (Å²) in [6.07, 6.45) is 0. The second kappa shape index (κ2) is 7.85. The van der Waals surface area contributed by atoms with E-state index in [0.29, 0.717) is 27.0 Å². The van der Waals surface area contributed by atoms with Gasteiger partial charge in [-0.15, -0.1) is 0 Å². The van der Waals surface area contributed by atoms with Crippen LogP contribution >= 0.6 is 23.2 Å². The number of nitrogens with one attached hydrogen (secondary N) is 2. The van der Waals surface area contributed by atoms with Crippen molar-refractivity contribution < 1.29 is 14.3 Å². The Morgan fingerprint density at radius 2 is 1.78 bits per heavy atom. The average molecular weight is 353 g/mol. The van der Waals surface area contributed by atoms with Crippen LogP contribution in [0.25, 0.3) is 0 Å². The molecule has 0 saturated heterocycles. The predicted molar refractivity (Wildman–Crippen MR) is 91.4 cm³/mol. The van der Waals surface area contributed by atoms with E-state index in [1.54, 1.807) is 42.5 Å². The first-order valence-corrected chi connectivity index (χ1v) is 7.42. The average Bonchev–Trinajstić information content (AvgIpc) is 2.54. The summed E-state index contributed by atoms with van der Waals surface area (Å²) >= 11 is 11.8. The molecule has 5 nitrogen and oxygen atoms in total. The Kier molecular flexibility index (Phi) is 5.84. The minimum atomic E-state index is -0.429. The highest BCUT2D eigenvalue weighted by atomic mass is 35.5. The van der Waals surface area contributed by atoms with Crippen molar-refractivity contribution in [2.24, 2.45) is 0 Å². The topological polar surface area (TPSA) is 67.4 Å². The van der Waals surface area contributed by atoms with E-state index >= 15 is 0 Å². The number of benzene rings is 2. The molecular weight excluding hydrogens is 339 g/mol. The lowest BCUT2D eigenvalue weighted by Gasteiger charge is -2.09. The second-order valence-electron chi connectivity index (χ2n) is 4.59. The molecule has 0 fully saturated rings. The van der Waals surface area contributed by atoms with Crippen LogP contribution in [-0.2, 0) is 9.53 Å². The van der Waals surface area contributed by atoms with Crippen LogP contribution in [0.2, 0.25) is 10.0 Å². The van der Waals surface area contributed by atoms with E-state index in [1.165, 1.54) is 7.11 Å². The molecule has 0 bridgehead atoms. The number of anilines is 2. The van der Waals surface area contributed by atoms with Crippen molar-refractivity contribution in [1.82, 2.24) is 0 Å². The normalized spacial score (nSPS) is 10.0. The third-order valence-corrected chi connectivity index (χ3v) is 3.51. The van der Waals surface area contributed by atoms with Crippen LogP contribution in [0, 0.1) is 0 Å². The third-order valence-electron chi connectivity index (χ3n) is 2.96. The first-order valence-electron chi connectivity index (χ1n) is 6.67. The molecule has 0 aliphatic heterocycles. The van der Waals surface area contributed by atoms with Gasteiger partial charge in [-0.25, -0.2) is 4.79 Å². The molecule has 2 N–H and O–H groups in total. The van der Waals surface area contributed by atoms with Gasteiger partial charge in [-0.2, -0.15) is 0 Å². The van der Waals surface area contributed by atoms with Gasteiger partial charge in [0, 0.05) is 10.7 Å². The lowest BCUT2D eigenvalue weighted by molar-refractivity contribution is -0.114. The van der Waals surface area contributed by atoms with Crippen LogP contribution in [0.5, 0.6) is 0 Å². The van der Waals surface area contributed by atoms with Crippen molar-refractivity contribution in [3.05, 3.63) is 58.1 Å². The van der Waals surface area contributed by atoms with Gasteiger partial charge >= 0.3 is 5.97 Å². The maximum absolute atomic E-state index is 11.9. The van der Waals surface area contributed by atoms with E-state index in [1.807, 2.05) is 0 Å². The van der Waals surface area contributed by atoms with E-state index in [4.69, 9.17) is 23.2 Å². The quantitative estimate of drug-likeness (QED) is 0.802. The van der Waals surface area contributed by atoms with Gasteiger partial charge in [-0.1, -0.05) is 23.2 Å². The fourth-order valence-corrected chi connectivity index (χ4v) is 2.30. The molecule has 0 atom stereocenters. The third kappa shape index (κ3) is 4.87. The first-order chi connectivity index (χ1) is 11.0. The van der Waals surface area contributed by atoms with E-state index in [2.05, 4.69) is 15.4 Å². The first kappa shape index (κ1) is 17.1. The van der Waals surface area contributed by atoms with Crippen molar-refractivity contribution in [2.75, 3.05) is 24.3 Å². The highest BCUT2D eigenvalue weighted by Crippen LogP contribution is 2.25. The van der Waals surface area contributed by atoms with E-state index < -0.39 is 5.97 Å². The summed E-state index contributed by atoms with van der Waals surface area (Å²) in [5, 5.41) is 6.59. The molecule has 7 heteroatoms. The number of amides is 1. The number of carbonyl (C=O) groups is 2. The number of methoxy groups -OCH3 is 1. The number of hydrogen-bond donors (Lipinski definition) is 2. The molecule has 0 spiro atoms. The van der Waals surface area contributed by atoms with Gasteiger partial charge in [0.15, 0.2) is 0 Å². The lowest BCUT2D eigenvalue weighted by Crippen LogP contribution is -2.21. The van der Waals surface area contributed by atoms with Gasteiger partial charge in [0.25, 0.3) is 0 Å². The van der Waals surface area contributed by atoms with Gasteiger partial charge in [-0.3, -0.25) is 4.79 Å². The molecule has 0 aromatic heterocycles. The van der Waals surface area contributed by atoms with Crippen LogP contribution in [0.3, 0.4) is 0 Å². The summed E-state index contributed by atoms with van der Waals surface area (Å²) in [6.45, 7) is 0.0418. The number of rotatable bonds is 5. The number of hydrogen-bond acceptors (Lipinski definition) is 4. The van der Waals surface area contributed by atoms with Crippen LogP contribution < -0.4 is 10.6 Å². The maximum Gasteiger partial charge on any atom is 0.337 e. The molecule has 0 aliphatic carbocycles. The van der Waals surface area contributed by atoms with Crippen molar-refractivity contribution in [2.45, 2.75) is 0 Å².